The van der Waals surface area contributed by atoms with Gasteiger partial charge in [-0.2, -0.15) is 13.2 Å². The van der Waals surface area contributed by atoms with Gasteiger partial charge in [0.15, 0.2) is 0 Å². The fourth-order valence-corrected chi connectivity index (χ4v) is 2.46. The van der Waals surface area contributed by atoms with E-state index in [4.69, 9.17) is 5.11 Å². The molecule has 1 aromatic rings. The molecule has 0 saturated carbocycles. The first-order valence-electron chi connectivity index (χ1n) is 5.81. The third kappa shape index (κ3) is 7.04. The van der Waals surface area contributed by atoms with E-state index in [2.05, 4.69) is 9.71 Å². The molecule has 0 aliphatic heterocycles. The molecule has 10 heteroatoms. The average molecular weight is 326 g/mol. The van der Waals surface area contributed by atoms with E-state index in [0.717, 1.165) is 0 Å². The zero-order valence-corrected chi connectivity index (χ0v) is 11.5. The van der Waals surface area contributed by atoms with Gasteiger partial charge in [0, 0.05) is 12.6 Å². The lowest BCUT2D eigenvalue weighted by Crippen LogP contribution is -2.27. The summed E-state index contributed by atoms with van der Waals surface area (Å²) in [5, 5.41) is 8.76. The highest BCUT2D eigenvalue weighted by atomic mass is 32.2. The summed E-state index contributed by atoms with van der Waals surface area (Å²) in [6, 6.07) is 2.42. The van der Waals surface area contributed by atoms with Gasteiger partial charge in [0.2, 0.25) is 10.0 Å². The van der Waals surface area contributed by atoms with E-state index in [1.807, 2.05) is 0 Å². The molecule has 118 valence electrons. The van der Waals surface area contributed by atoms with E-state index in [0.29, 0.717) is 0 Å². The van der Waals surface area contributed by atoms with Crippen molar-refractivity contribution in [2.75, 3.05) is 5.75 Å². The number of aromatic carboxylic acids is 1. The Hall–Kier alpha value is -1.68. The Morgan fingerprint density at radius 2 is 2.05 bits per heavy atom. The van der Waals surface area contributed by atoms with Crippen molar-refractivity contribution in [1.82, 2.24) is 9.71 Å². The fourth-order valence-electron chi connectivity index (χ4n) is 1.43. The van der Waals surface area contributed by atoms with Crippen molar-refractivity contribution in [3.8, 4) is 0 Å². The second kappa shape index (κ2) is 6.85. The molecule has 21 heavy (non-hydrogen) atoms. The monoisotopic (exact) mass is 326 g/mol. The van der Waals surface area contributed by atoms with Gasteiger partial charge >= 0.3 is 12.1 Å². The van der Waals surface area contributed by atoms with Gasteiger partial charge in [0.05, 0.1) is 23.6 Å². The molecule has 0 saturated heterocycles. The molecule has 0 radical (unpaired) electrons. The van der Waals surface area contributed by atoms with Crippen molar-refractivity contribution < 1.29 is 31.5 Å². The number of sulfonamides is 1. The molecule has 0 bridgehead atoms. The van der Waals surface area contributed by atoms with Gasteiger partial charge in [0.1, 0.15) is 0 Å². The number of carbonyl (C=O) groups is 1. The maximum absolute atomic E-state index is 11.9. The minimum Gasteiger partial charge on any atom is -0.478 e. The van der Waals surface area contributed by atoms with E-state index in [-0.39, 0.29) is 17.8 Å². The van der Waals surface area contributed by atoms with Gasteiger partial charge in [-0.3, -0.25) is 4.98 Å². The summed E-state index contributed by atoms with van der Waals surface area (Å²) in [6.07, 6.45) is -4.91. The lowest BCUT2D eigenvalue weighted by Gasteiger charge is -2.08. The van der Waals surface area contributed by atoms with Crippen LogP contribution in [-0.4, -0.2) is 36.4 Å². The number of hydrogen-bond acceptors (Lipinski definition) is 4. The van der Waals surface area contributed by atoms with Crippen LogP contribution in [0.5, 0.6) is 0 Å². The topological polar surface area (TPSA) is 96.4 Å². The van der Waals surface area contributed by atoms with Crippen molar-refractivity contribution in [3.05, 3.63) is 29.6 Å². The molecule has 0 aliphatic carbocycles. The normalized spacial score (nSPS) is 12.3. The Bertz CT molecular complexity index is 602. The predicted molar refractivity (Wildman–Crippen MR) is 67.1 cm³/mol. The molecule has 1 rings (SSSR count). The first-order valence-corrected chi connectivity index (χ1v) is 7.46. The molecule has 0 aliphatic rings. The summed E-state index contributed by atoms with van der Waals surface area (Å²) in [4.78, 5) is 14.5. The Morgan fingerprint density at radius 3 is 2.62 bits per heavy atom. The van der Waals surface area contributed by atoms with Crippen molar-refractivity contribution in [3.63, 3.8) is 0 Å². The maximum atomic E-state index is 11.9. The van der Waals surface area contributed by atoms with Gasteiger partial charge in [-0.05, 0) is 18.6 Å². The van der Waals surface area contributed by atoms with Crippen molar-refractivity contribution in [2.24, 2.45) is 0 Å². The van der Waals surface area contributed by atoms with E-state index in [1.54, 1.807) is 0 Å². The first-order chi connectivity index (χ1) is 9.59. The van der Waals surface area contributed by atoms with Crippen molar-refractivity contribution in [1.29, 1.82) is 0 Å². The molecule has 0 atom stereocenters. The first kappa shape index (κ1) is 17.4. The number of hydrogen-bond donors (Lipinski definition) is 2. The highest BCUT2D eigenvalue weighted by Gasteiger charge is 2.27. The summed E-state index contributed by atoms with van der Waals surface area (Å²) in [6.45, 7) is -0.282. The summed E-state index contributed by atoms with van der Waals surface area (Å²) in [5.41, 5.74) is 0.102. The minimum atomic E-state index is -4.40. The second-order valence-electron chi connectivity index (χ2n) is 4.20. The number of carboxylic acids is 1. The summed E-state index contributed by atoms with van der Waals surface area (Å²) in [7, 11) is -3.87. The van der Waals surface area contributed by atoms with Crippen LogP contribution in [-0.2, 0) is 16.6 Å². The van der Waals surface area contributed by atoms with E-state index >= 15 is 0 Å². The molecule has 0 spiro atoms. The summed E-state index contributed by atoms with van der Waals surface area (Å²) >= 11 is 0. The van der Waals surface area contributed by atoms with Crippen molar-refractivity contribution in [2.45, 2.75) is 25.6 Å². The van der Waals surface area contributed by atoms with Gasteiger partial charge in [-0.25, -0.2) is 17.9 Å². The van der Waals surface area contributed by atoms with Gasteiger partial charge in [-0.15, -0.1) is 0 Å². The van der Waals surface area contributed by atoms with Crippen LogP contribution in [0.4, 0.5) is 13.2 Å². The SMILES string of the molecule is O=C(O)c1ccnc(CNS(=O)(=O)CCCC(F)(F)F)c1. The molecular formula is C11H13F3N2O4S. The van der Waals surface area contributed by atoms with Crippen LogP contribution in [0.3, 0.4) is 0 Å². The van der Waals surface area contributed by atoms with E-state index in [1.165, 1.54) is 18.3 Å². The summed E-state index contributed by atoms with van der Waals surface area (Å²) < 4.78 is 60.8. The zero-order valence-electron chi connectivity index (χ0n) is 10.7. The Kier molecular flexibility index (Phi) is 5.67. The molecule has 6 nitrogen and oxygen atoms in total. The van der Waals surface area contributed by atoms with Gasteiger partial charge in [-0.1, -0.05) is 0 Å². The number of nitrogens with one attached hydrogen (secondary N) is 1. The minimum absolute atomic E-state index is 0.0590. The molecule has 0 fully saturated rings. The van der Waals surface area contributed by atoms with Crippen LogP contribution in [0.2, 0.25) is 0 Å². The number of pyridine rings is 1. The number of carboxylic acid groups (broad SMARTS) is 1. The second-order valence-corrected chi connectivity index (χ2v) is 6.13. The number of halogens is 3. The number of aromatic nitrogens is 1. The van der Waals surface area contributed by atoms with E-state index < -0.39 is 40.8 Å². The largest absolute Gasteiger partial charge is 0.478 e. The molecule has 0 unspecified atom stereocenters. The Morgan fingerprint density at radius 1 is 1.38 bits per heavy atom. The molecule has 2 N–H and O–H groups in total. The van der Waals surface area contributed by atoms with Crippen LogP contribution >= 0.6 is 0 Å². The van der Waals surface area contributed by atoms with Gasteiger partial charge in [0.25, 0.3) is 0 Å². The van der Waals surface area contributed by atoms with Crippen LogP contribution in [0.25, 0.3) is 0 Å². The average Bonchev–Trinajstić information content (AvgIpc) is 2.35. The number of nitrogens with zero attached hydrogens (tertiary/aromatic N) is 1. The lowest BCUT2D eigenvalue weighted by atomic mass is 10.2. The van der Waals surface area contributed by atoms with Crippen LogP contribution in [0, 0.1) is 0 Å². The van der Waals surface area contributed by atoms with Crippen LogP contribution < -0.4 is 4.72 Å². The standard InChI is InChI=1S/C11H13F3N2O4S/c12-11(13,14)3-1-5-21(19,20)16-7-9-6-8(10(17)18)2-4-15-9/h2,4,6,16H,1,3,5,7H2,(H,17,18). The molecule has 1 heterocycles. The zero-order chi connectivity index (χ0) is 16.1. The Balaban J connectivity index is 2.53. The van der Waals surface area contributed by atoms with Crippen molar-refractivity contribution >= 4 is 16.0 Å². The maximum Gasteiger partial charge on any atom is 0.389 e. The lowest BCUT2D eigenvalue weighted by molar-refractivity contribution is -0.134. The highest BCUT2D eigenvalue weighted by Crippen LogP contribution is 2.21. The Labute approximate surface area is 119 Å². The van der Waals surface area contributed by atoms with E-state index in [9.17, 15) is 26.4 Å². The summed E-state index contributed by atoms with van der Waals surface area (Å²) in [5.74, 6) is -1.85. The third-order valence-electron chi connectivity index (χ3n) is 2.41. The predicted octanol–water partition coefficient (Wildman–Crippen LogP) is 1.54. The molecule has 0 aromatic carbocycles. The third-order valence-corrected chi connectivity index (χ3v) is 3.82. The fraction of sp³-hybridized carbons (Fsp3) is 0.455. The number of alkyl halides is 3. The molecular weight excluding hydrogens is 313 g/mol. The van der Waals surface area contributed by atoms with Crippen LogP contribution in [0.1, 0.15) is 28.9 Å². The van der Waals surface area contributed by atoms with Gasteiger partial charge < -0.3 is 5.11 Å². The number of rotatable bonds is 7. The quantitative estimate of drug-likeness (QED) is 0.792. The molecule has 1 aromatic heterocycles. The van der Waals surface area contributed by atoms with Crippen LogP contribution in [0.15, 0.2) is 18.3 Å². The highest BCUT2D eigenvalue weighted by molar-refractivity contribution is 7.89. The molecule has 0 amide bonds. The smallest absolute Gasteiger partial charge is 0.389 e.